The maximum atomic E-state index is 11.6. The third-order valence-corrected chi connectivity index (χ3v) is 4.47. The highest BCUT2D eigenvalue weighted by molar-refractivity contribution is 7.85. The molecule has 6 nitrogen and oxygen atoms in total. The SMILES string of the molecule is COc1ccc(N(CS(=O)(=O)O)c2ccnc3cc(Cl)ccc23)cc1. The summed E-state index contributed by atoms with van der Waals surface area (Å²) in [6, 6.07) is 13.7. The zero-order chi connectivity index (χ0) is 18.0. The van der Waals surface area contributed by atoms with Crippen molar-refractivity contribution in [3.05, 3.63) is 59.8 Å². The van der Waals surface area contributed by atoms with Crippen LogP contribution in [0.25, 0.3) is 10.9 Å². The molecule has 0 aliphatic heterocycles. The number of halogens is 1. The monoisotopic (exact) mass is 378 g/mol. The lowest BCUT2D eigenvalue weighted by Crippen LogP contribution is -2.25. The Hall–Kier alpha value is -2.35. The lowest BCUT2D eigenvalue weighted by atomic mass is 10.1. The van der Waals surface area contributed by atoms with Gasteiger partial charge in [0, 0.05) is 22.3 Å². The zero-order valence-electron chi connectivity index (χ0n) is 13.3. The van der Waals surface area contributed by atoms with Crippen LogP contribution in [0.15, 0.2) is 54.7 Å². The third-order valence-electron chi connectivity index (χ3n) is 3.65. The van der Waals surface area contributed by atoms with Crippen LogP contribution in [-0.4, -0.2) is 30.9 Å². The Labute approximate surface area is 150 Å². The number of aromatic nitrogens is 1. The van der Waals surface area contributed by atoms with Gasteiger partial charge in [-0.1, -0.05) is 11.6 Å². The molecular weight excluding hydrogens is 364 g/mol. The highest BCUT2D eigenvalue weighted by Gasteiger charge is 2.19. The number of methoxy groups -OCH3 is 1. The Morgan fingerprint density at radius 3 is 2.52 bits per heavy atom. The minimum absolute atomic E-state index is 0.530. The summed E-state index contributed by atoms with van der Waals surface area (Å²) >= 11 is 6.00. The van der Waals surface area contributed by atoms with Gasteiger partial charge in [0.25, 0.3) is 10.1 Å². The average molecular weight is 379 g/mol. The Bertz CT molecular complexity index is 1010. The molecule has 0 bridgehead atoms. The van der Waals surface area contributed by atoms with Crippen LogP contribution in [0, 0.1) is 0 Å². The average Bonchev–Trinajstić information content (AvgIpc) is 2.58. The number of benzene rings is 2. The van der Waals surface area contributed by atoms with Gasteiger partial charge in [-0.2, -0.15) is 8.42 Å². The molecule has 0 fully saturated rings. The molecule has 0 saturated heterocycles. The molecule has 0 aliphatic rings. The molecule has 0 aliphatic carbocycles. The summed E-state index contributed by atoms with van der Waals surface area (Å²) in [4.78, 5) is 5.75. The second-order valence-electron chi connectivity index (χ2n) is 5.33. The Balaban J connectivity index is 2.17. The van der Waals surface area contributed by atoms with Crippen LogP contribution < -0.4 is 9.64 Å². The molecule has 2 aromatic carbocycles. The minimum Gasteiger partial charge on any atom is -0.497 e. The fraction of sp³-hybridized carbons (Fsp3) is 0.118. The van der Waals surface area contributed by atoms with E-state index in [1.54, 1.807) is 61.8 Å². The van der Waals surface area contributed by atoms with Gasteiger partial charge in [0.1, 0.15) is 5.75 Å². The summed E-state index contributed by atoms with van der Waals surface area (Å²) in [5.74, 6) is 0.0445. The molecule has 25 heavy (non-hydrogen) atoms. The summed E-state index contributed by atoms with van der Waals surface area (Å²) in [5.41, 5.74) is 1.80. The smallest absolute Gasteiger partial charge is 0.283 e. The van der Waals surface area contributed by atoms with Gasteiger partial charge in [-0.3, -0.25) is 9.54 Å². The summed E-state index contributed by atoms with van der Waals surface area (Å²) < 4.78 is 37.6. The summed E-state index contributed by atoms with van der Waals surface area (Å²) in [5, 5.41) is 1.24. The molecule has 8 heteroatoms. The number of anilines is 2. The number of nitrogens with zero attached hydrogens (tertiary/aromatic N) is 2. The van der Waals surface area contributed by atoms with E-state index in [-0.39, 0.29) is 0 Å². The van der Waals surface area contributed by atoms with Crippen molar-refractivity contribution in [3.63, 3.8) is 0 Å². The molecule has 1 aromatic heterocycles. The van der Waals surface area contributed by atoms with Crippen LogP contribution in [-0.2, 0) is 10.1 Å². The van der Waals surface area contributed by atoms with Gasteiger partial charge < -0.3 is 9.64 Å². The van der Waals surface area contributed by atoms with E-state index in [4.69, 9.17) is 16.3 Å². The van der Waals surface area contributed by atoms with E-state index in [1.165, 1.54) is 4.90 Å². The number of rotatable bonds is 5. The molecule has 0 atom stereocenters. The second kappa shape index (κ2) is 6.87. The molecule has 0 radical (unpaired) electrons. The van der Waals surface area contributed by atoms with Crippen molar-refractivity contribution in [1.82, 2.24) is 4.98 Å². The first kappa shape index (κ1) is 17.5. The summed E-state index contributed by atoms with van der Waals surface area (Å²) in [6.45, 7) is 0. The number of fused-ring (bicyclic) bond motifs is 1. The van der Waals surface area contributed by atoms with Gasteiger partial charge in [0.05, 0.1) is 18.3 Å². The van der Waals surface area contributed by atoms with Crippen molar-refractivity contribution >= 4 is 44.0 Å². The molecular formula is C17H15ClN2O4S. The Morgan fingerprint density at radius 2 is 1.88 bits per heavy atom. The number of hydrogen-bond donors (Lipinski definition) is 1. The predicted molar refractivity (Wildman–Crippen MR) is 98.3 cm³/mol. The van der Waals surface area contributed by atoms with Crippen LogP contribution >= 0.6 is 11.6 Å². The summed E-state index contributed by atoms with van der Waals surface area (Å²) in [6.07, 6.45) is 1.56. The summed E-state index contributed by atoms with van der Waals surface area (Å²) in [7, 11) is -2.72. The molecule has 1 N–H and O–H groups in total. The zero-order valence-corrected chi connectivity index (χ0v) is 14.8. The predicted octanol–water partition coefficient (Wildman–Crippen LogP) is 3.88. The maximum absolute atomic E-state index is 11.6. The lowest BCUT2D eigenvalue weighted by molar-refractivity contribution is 0.415. The molecule has 0 amide bonds. The van der Waals surface area contributed by atoms with E-state index in [9.17, 15) is 13.0 Å². The van der Waals surface area contributed by atoms with Crippen LogP contribution in [0.5, 0.6) is 5.75 Å². The molecule has 3 aromatic rings. The minimum atomic E-state index is -4.26. The lowest BCUT2D eigenvalue weighted by Gasteiger charge is -2.25. The van der Waals surface area contributed by atoms with Gasteiger partial charge in [0.2, 0.25) is 0 Å². The van der Waals surface area contributed by atoms with Crippen molar-refractivity contribution in [3.8, 4) is 5.75 Å². The van der Waals surface area contributed by atoms with E-state index in [2.05, 4.69) is 4.98 Å². The Kier molecular flexibility index (Phi) is 4.80. The highest BCUT2D eigenvalue weighted by atomic mass is 35.5. The first-order chi connectivity index (χ1) is 11.9. The second-order valence-corrected chi connectivity index (χ2v) is 7.19. The Morgan fingerprint density at radius 1 is 1.16 bits per heavy atom. The van der Waals surface area contributed by atoms with Gasteiger partial charge in [-0.05, 0) is 48.5 Å². The van der Waals surface area contributed by atoms with Crippen LogP contribution in [0.2, 0.25) is 5.02 Å². The molecule has 0 unspecified atom stereocenters. The van der Waals surface area contributed by atoms with Gasteiger partial charge in [0.15, 0.2) is 5.88 Å². The van der Waals surface area contributed by atoms with Crippen molar-refractivity contribution in [2.24, 2.45) is 0 Å². The molecule has 0 spiro atoms. The van der Waals surface area contributed by atoms with Crippen molar-refractivity contribution in [1.29, 1.82) is 0 Å². The standard InChI is InChI=1S/C17H15ClN2O4S/c1-24-14-5-3-13(4-6-14)20(11-25(21,22)23)17-8-9-19-16-10-12(18)2-7-15(16)17/h2-10H,11H2,1H3,(H,21,22,23). The molecule has 130 valence electrons. The van der Waals surface area contributed by atoms with Gasteiger partial charge in [-0.25, -0.2) is 0 Å². The van der Waals surface area contributed by atoms with Crippen molar-refractivity contribution < 1.29 is 17.7 Å². The quantitative estimate of drug-likeness (QED) is 0.678. The topological polar surface area (TPSA) is 79.7 Å². The van der Waals surface area contributed by atoms with Crippen LogP contribution in [0.4, 0.5) is 11.4 Å². The first-order valence-corrected chi connectivity index (χ1v) is 9.27. The number of ether oxygens (including phenoxy) is 1. The van der Waals surface area contributed by atoms with E-state index in [0.29, 0.717) is 33.0 Å². The van der Waals surface area contributed by atoms with Crippen molar-refractivity contribution in [2.75, 3.05) is 17.9 Å². The van der Waals surface area contributed by atoms with E-state index >= 15 is 0 Å². The first-order valence-electron chi connectivity index (χ1n) is 7.28. The highest BCUT2D eigenvalue weighted by Crippen LogP contribution is 2.33. The van der Waals surface area contributed by atoms with Crippen LogP contribution in [0.3, 0.4) is 0 Å². The molecule has 0 saturated carbocycles. The van der Waals surface area contributed by atoms with E-state index in [1.807, 2.05) is 0 Å². The van der Waals surface area contributed by atoms with Gasteiger partial charge in [-0.15, -0.1) is 0 Å². The van der Waals surface area contributed by atoms with E-state index < -0.39 is 16.0 Å². The van der Waals surface area contributed by atoms with Gasteiger partial charge >= 0.3 is 0 Å². The normalized spacial score (nSPS) is 11.5. The molecule has 1 heterocycles. The van der Waals surface area contributed by atoms with Crippen LogP contribution in [0.1, 0.15) is 0 Å². The largest absolute Gasteiger partial charge is 0.497 e. The third kappa shape index (κ3) is 4.01. The maximum Gasteiger partial charge on any atom is 0.283 e. The van der Waals surface area contributed by atoms with E-state index in [0.717, 1.165) is 0 Å². The fourth-order valence-electron chi connectivity index (χ4n) is 2.55. The van der Waals surface area contributed by atoms with Crippen molar-refractivity contribution in [2.45, 2.75) is 0 Å². The fourth-order valence-corrected chi connectivity index (χ4v) is 3.33. The molecule has 3 rings (SSSR count). The number of pyridine rings is 1. The number of hydrogen-bond acceptors (Lipinski definition) is 5.